The van der Waals surface area contributed by atoms with Crippen LogP contribution < -0.4 is 10.6 Å². The Labute approximate surface area is 234 Å². The van der Waals surface area contributed by atoms with Crippen molar-refractivity contribution in [2.45, 2.75) is 65.8 Å². The van der Waals surface area contributed by atoms with Gasteiger partial charge in [-0.3, -0.25) is 9.59 Å². The minimum Gasteiger partial charge on any atom is -0.355 e. The van der Waals surface area contributed by atoms with Gasteiger partial charge in [-0.05, 0) is 61.1 Å². The van der Waals surface area contributed by atoms with E-state index in [9.17, 15) is 53.1 Å². The molecule has 228 valence electrons. The fraction of sp³-hybridized carbons (Fsp3) is 0.481. The van der Waals surface area contributed by atoms with Crippen molar-refractivity contribution >= 4 is 21.7 Å². The average Bonchev–Trinajstić information content (AvgIpc) is 3.51. The van der Waals surface area contributed by atoms with E-state index in [0.717, 1.165) is 30.3 Å². The van der Waals surface area contributed by atoms with Crippen LogP contribution in [0.15, 0.2) is 47.4 Å². The molecule has 0 aromatic heterocycles. The second-order valence-electron chi connectivity index (χ2n) is 10.9. The Morgan fingerprint density at radius 1 is 0.952 bits per heavy atom. The van der Waals surface area contributed by atoms with Crippen LogP contribution in [0, 0.1) is 17.7 Å². The van der Waals surface area contributed by atoms with E-state index in [4.69, 9.17) is 0 Å². The third-order valence-corrected chi connectivity index (χ3v) is 11.2. The third kappa shape index (κ3) is 4.45. The van der Waals surface area contributed by atoms with E-state index >= 15 is 0 Å². The second-order valence-corrected chi connectivity index (χ2v) is 13.1. The van der Waals surface area contributed by atoms with Crippen molar-refractivity contribution < 1.29 is 53.1 Å². The van der Waals surface area contributed by atoms with Crippen LogP contribution in [-0.4, -0.2) is 45.2 Å². The van der Waals surface area contributed by atoms with Gasteiger partial charge in [0, 0.05) is 30.5 Å². The number of hydrogen-bond donors (Lipinski definition) is 2. The van der Waals surface area contributed by atoms with E-state index in [1.54, 1.807) is 0 Å². The van der Waals surface area contributed by atoms with Gasteiger partial charge in [0.15, 0.2) is 9.84 Å². The summed E-state index contributed by atoms with van der Waals surface area (Å²) in [6.45, 7) is 0.0794. The summed E-state index contributed by atoms with van der Waals surface area (Å²) in [6.07, 6.45) is -13.2. The molecule has 6 nitrogen and oxygen atoms in total. The normalized spacial score (nSPS) is 26.4. The Morgan fingerprint density at radius 2 is 1.60 bits per heavy atom. The van der Waals surface area contributed by atoms with E-state index < -0.39 is 67.8 Å². The highest BCUT2D eigenvalue weighted by atomic mass is 32.2. The average molecular weight is 625 g/mol. The molecule has 5 rings (SSSR count). The van der Waals surface area contributed by atoms with E-state index in [-0.39, 0.29) is 60.6 Å². The molecule has 2 fully saturated rings. The molecule has 2 aromatic rings. The molecular weight excluding hydrogens is 600 g/mol. The third-order valence-electron chi connectivity index (χ3n) is 8.66. The monoisotopic (exact) mass is 624 g/mol. The number of benzene rings is 2. The molecule has 2 unspecified atom stereocenters. The summed E-state index contributed by atoms with van der Waals surface area (Å²) >= 11 is 0. The molecule has 1 saturated heterocycles. The fourth-order valence-corrected chi connectivity index (χ4v) is 9.11. The number of carbonyl (C=O) groups excluding carboxylic acids is 2. The number of nitrogens with one attached hydrogen (secondary N) is 2. The molecule has 4 atom stereocenters. The zero-order valence-corrected chi connectivity index (χ0v) is 22.4. The number of hydrogen-bond acceptors (Lipinski definition) is 4. The van der Waals surface area contributed by atoms with Crippen LogP contribution >= 0.6 is 0 Å². The Balaban J connectivity index is 1.63. The maximum Gasteiger partial charge on any atom is 0.435 e. The quantitative estimate of drug-likeness (QED) is 0.371. The molecule has 1 saturated carbocycles. The Bertz CT molecular complexity index is 1510. The molecule has 15 heteroatoms. The highest BCUT2D eigenvalue weighted by Gasteiger charge is 2.73. The summed E-state index contributed by atoms with van der Waals surface area (Å²) in [5.74, 6) is -3.18. The molecular formula is C27H24F8N2O4S. The number of carbonyl (C=O) groups is 2. The lowest BCUT2D eigenvalue weighted by Gasteiger charge is -2.43. The first-order valence-electron chi connectivity index (χ1n) is 13.0. The van der Waals surface area contributed by atoms with Crippen molar-refractivity contribution in [1.82, 2.24) is 10.6 Å². The number of aryl methyl sites for hydroxylation is 1. The predicted molar refractivity (Wildman–Crippen MR) is 131 cm³/mol. The van der Waals surface area contributed by atoms with Crippen LogP contribution in [0.3, 0.4) is 0 Å². The number of rotatable bonds is 5. The van der Waals surface area contributed by atoms with Gasteiger partial charge in [-0.25, -0.2) is 17.2 Å². The highest BCUT2D eigenvalue weighted by Crippen LogP contribution is 2.59. The van der Waals surface area contributed by atoms with Crippen molar-refractivity contribution in [3.05, 3.63) is 65.0 Å². The van der Waals surface area contributed by atoms with E-state index in [1.807, 2.05) is 0 Å². The van der Waals surface area contributed by atoms with Crippen LogP contribution in [0.5, 0.6) is 0 Å². The van der Waals surface area contributed by atoms with Gasteiger partial charge in [0.1, 0.15) is 10.6 Å². The number of halogens is 8. The smallest absolute Gasteiger partial charge is 0.355 e. The zero-order valence-electron chi connectivity index (χ0n) is 21.6. The lowest BCUT2D eigenvalue weighted by Crippen LogP contribution is -2.51. The number of amides is 2. The second kappa shape index (κ2) is 9.91. The fourth-order valence-electron chi connectivity index (χ4n) is 6.64. The molecule has 2 aliphatic carbocycles. The topological polar surface area (TPSA) is 92.3 Å². The van der Waals surface area contributed by atoms with E-state index in [0.29, 0.717) is 12.1 Å². The summed E-state index contributed by atoms with van der Waals surface area (Å²) in [5.41, 5.74) is -7.74. The van der Waals surface area contributed by atoms with Crippen molar-refractivity contribution in [3.63, 3.8) is 0 Å². The van der Waals surface area contributed by atoms with Gasteiger partial charge in [-0.15, -0.1) is 0 Å². The summed E-state index contributed by atoms with van der Waals surface area (Å²) in [4.78, 5) is 24.2. The Morgan fingerprint density at radius 3 is 2.17 bits per heavy atom. The summed E-state index contributed by atoms with van der Waals surface area (Å²) in [7, 11) is -4.51. The zero-order chi connectivity index (χ0) is 30.9. The molecule has 1 aliphatic heterocycles. The minimum atomic E-state index is -6.35. The first-order chi connectivity index (χ1) is 19.4. The van der Waals surface area contributed by atoms with Gasteiger partial charge >= 0.3 is 18.0 Å². The van der Waals surface area contributed by atoms with Crippen LogP contribution in [-0.2, 0) is 36.3 Å². The van der Waals surface area contributed by atoms with Crippen molar-refractivity contribution in [2.75, 3.05) is 6.54 Å². The summed E-state index contributed by atoms with van der Waals surface area (Å²) < 4.78 is 136. The van der Waals surface area contributed by atoms with E-state index in [1.165, 1.54) is 0 Å². The van der Waals surface area contributed by atoms with Crippen LogP contribution in [0.4, 0.5) is 35.1 Å². The van der Waals surface area contributed by atoms with Crippen LogP contribution in [0.25, 0.3) is 0 Å². The summed E-state index contributed by atoms with van der Waals surface area (Å²) in [5, 5.41) is 5.32. The highest BCUT2D eigenvalue weighted by molar-refractivity contribution is 7.92. The van der Waals surface area contributed by atoms with Crippen molar-refractivity contribution in [1.29, 1.82) is 0 Å². The molecule has 2 amide bonds. The van der Waals surface area contributed by atoms with Gasteiger partial charge in [-0.1, -0.05) is 18.2 Å². The largest absolute Gasteiger partial charge is 0.435 e. The first kappa shape index (κ1) is 30.2. The van der Waals surface area contributed by atoms with Gasteiger partial charge in [-0.2, -0.15) is 26.3 Å². The standard InChI is InChI=1S/C27H24F8N2O4S/c28-17-3-5-18(6-4-17)42(40,41)24-10-9-21(37-23(39)15-12-22(38)36-13-15)20(24)7-1-14-11-16(2-8-19(14)24)25(29,26(30,31)32)27(33,34)35/h2-6,8,11,15,20-21H,1,7,9-10,12-13H2,(H,36,38)(H,37,39)/t15?,20-,21+,24?/m0/s1. The number of alkyl halides is 7. The van der Waals surface area contributed by atoms with Gasteiger partial charge in [0.2, 0.25) is 11.8 Å². The van der Waals surface area contributed by atoms with Gasteiger partial charge < -0.3 is 10.6 Å². The van der Waals surface area contributed by atoms with Crippen LogP contribution in [0.1, 0.15) is 42.4 Å². The van der Waals surface area contributed by atoms with Crippen molar-refractivity contribution in [3.8, 4) is 0 Å². The summed E-state index contributed by atoms with van der Waals surface area (Å²) in [6, 6.07) is 4.51. The Hall–Kier alpha value is -3.23. The molecule has 2 aromatic carbocycles. The molecule has 1 heterocycles. The van der Waals surface area contributed by atoms with E-state index in [2.05, 4.69) is 10.6 Å². The molecule has 0 radical (unpaired) electrons. The van der Waals surface area contributed by atoms with Gasteiger partial charge in [0.25, 0.3) is 0 Å². The molecule has 3 aliphatic rings. The molecule has 2 N–H and O–H groups in total. The van der Waals surface area contributed by atoms with Crippen LogP contribution in [0.2, 0.25) is 0 Å². The predicted octanol–water partition coefficient (Wildman–Crippen LogP) is 4.76. The maximum absolute atomic E-state index is 14.9. The Kier molecular flexibility index (Phi) is 7.14. The van der Waals surface area contributed by atoms with Gasteiger partial charge in [0.05, 0.1) is 10.8 Å². The maximum atomic E-state index is 14.9. The lowest BCUT2D eigenvalue weighted by atomic mass is 9.74. The number of fused-ring (bicyclic) bond motifs is 3. The SMILES string of the molecule is O=C1CC(C(=O)N[C@@H]2CCC3(S(=O)(=O)c4ccc(F)cc4)c4ccc(C(F)(C(F)(F)F)C(F)(F)F)cc4CC[C@@H]23)CN1. The molecule has 0 bridgehead atoms. The minimum absolute atomic E-state index is 0.0722. The first-order valence-corrected chi connectivity index (χ1v) is 14.5. The molecule has 42 heavy (non-hydrogen) atoms. The molecule has 0 spiro atoms. The van der Waals surface area contributed by atoms with Crippen molar-refractivity contribution in [2.24, 2.45) is 11.8 Å². The lowest BCUT2D eigenvalue weighted by molar-refractivity contribution is -0.348. The number of sulfone groups is 1.